The lowest BCUT2D eigenvalue weighted by Crippen LogP contribution is -2.49. The number of anilines is 1. The van der Waals surface area contributed by atoms with Crippen molar-refractivity contribution in [1.29, 1.82) is 0 Å². The van der Waals surface area contributed by atoms with E-state index in [0.29, 0.717) is 18.8 Å². The minimum Gasteiger partial charge on any atom is -0.491 e. The Morgan fingerprint density at radius 1 is 1.42 bits per heavy atom. The van der Waals surface area contributed by atoms with Crippen LogP contribution in [0.1, 0.15) is 26.7 Å². The van der Waals surface area contributed by atoms with Gasteiger partial charge in [-0.2, -0.15) is 0 Å². The average Bonchev–Trinajstić information content (AvgIpc) is 3.05. The second-order valence-electron chi connectivity index (χ2n) is 6.99. The first kappa shape index (κ1) is 18.5. The van der Waals surface area contributed by atoms with E-state index in [1.54, 1.807) is 0 Å². The number of carbonyl (C=O) groups excluding carboxylic acids is 1. The number of amides is 2. The molecule has 0 saturated carbocycles. The van der Waals surface area contributed by atoms with Crippen LogP contribution in [0.2, 0.25) is 0 Å². The molecule has 134 valence electrons. The first-order valence-electron chi connectivity index (χ1n) is 8.43. The van der Waals surface area contributed by atoms with Gasteiger partial charge < -0.3 is 25.0 Å². The maximum Gasteiger partial charge on any atom is 0.319 e. The van der Waals surface area contributed by atoms with Gasteiger partial charge in [-0.3, -0.25) is 0 Å². The molecule has 1 atom stereocenters. The van der Waals surface area contributed by atoms with Crippen LogP contribution in [0, 0.1) is 0 Å². The summed E-state index contributed by atoms with van der Waals surface area (Å²) >= 11 is 0. The van der Waals surface area contributed by atoms with Gasteiger partial charge in [-0.25, -0.2) is 4.79 Å². The van der Waals surface area contributed by atoms with Gasteiger partial charge in [0.05, 0.1) is 6.10 Å². The Kier molecular flexibility index (Phi) is 6.45. The van der Waals surface area contributed by atoms with Crippen LogP contribution in [0.15, 0.2) is 24.3 Å². The fraction of sp³-hybridized carbons (Fsp3) is 0.611. The number of nitrogens with zero attached hydrogens (tertiary/aromatic N) is 1. The Labute approximate surface area is 144 Å². The maximum absolute atomic E-state index is 12.1. The zero-order chi connectivity index (χ0) is 17.6. The number of benzene rings is 1. The van der Waals surface area contributed by atoms with Crippen LogP contribution >= 0.6 is 0 Å². The molecule has 6 nitrogen and oxygen atoms in total. The quantitative estimate of drug-likeness (QED) is 0.804. The molecule has 0 aromatic heterocycles. The van der Waals surface area contributed by atoms with Crippen LogP contribution in [-0.4, -0.2) is 56.4 Å². The molecule has 6 heteroatoms. The number of nitrogens with one attached hydrogen (secondary N) is 2. The number of hydrogen-bond acceptors (Lipinski definition) is 4. The Bertz CT molecular complexity index is 540. The number of ether oxygens (including phenoxy) is 2. The third kappa shape index (κ3) is 5.69. The van der Waals surface area contributed by atoms with E-state index in [9.17, 15) is 4.79 Å². The highest BCUT2D eigenvalue weighted by molar-refractivity contribution is 5.89. The third-order valence-corrected chi connectivity index (χ3v) is 4.44. The van der Waals surface area contributed by atoms with Gasteiger partial charge in [0.1, 0.15) is 12.4 Å². The van der Waals surface area contributed by atoms with Crippen molar-refractivity contribution in [1.82, 2.24) is 10.2 Å². The highest BCUT2D eigenvalue weighted by Gasteiger charge is 2.21. The van der Waals surface area contributed by atoms with Gasteiger partial charge in [0.15, 0.2) is 0 Å². The number of likely N-dealkylation sites (N-methyl/N-ethyl adjacent to an activating group) is 1. The molecule has 2 N–H and O–H groups in total. The topological polar surface area (TPSA) is 62.8 Å². The molecule has 0 unspecified atom stereocenters. The molecule has 0 bridgehead atoms. The molecule has 0 aliphatic carbocycles. The second-order valence-corrected chi connectivity index (χ2v) is 6.99. The molecule has 1 aliphatic heterocycles. The molecule has 0 radical (unpaired) electrons. The Morgan fingerprint density at radius 2 is 2.21 bits per heavy atom. The van der Waals surface area contributed by atoms with E-state index < -0.39 is 0 Å². The fourth-order valence-electron chi connectivity index (χ4n) is 2.26. The molecule has 1 fully saturated rings. The summed E-state index contributed by atoms with van der Waals surface area (Å²) in [6.07, 6.45) is 2.32. The summed E-state index contributed by atoms with van der Waals surface area (Å²) in [5, 5.41) is 5.74. The number of rotatable bonds is 7. The van der Waals surface area contributed by atoms with Crippen LogP contribution < -0.4 is 15.4 Å². The third-order valence-electron chi connectivity index (χ3n) is 4.44. The second kappa shape index (κ2) is 8.35. The van der Waals surface area contributed by atoms with E-state index in [0.717, 1.165) is 25.2 Å². The molecule has 1 aliphatic rings. The zero-order valence-electron chi connectivity index (χ0n) is 15.1. The number of carbonyl (C=O) groups is 1. The van der Waals surface area contributed by atoms with Gasteiger partial charge in [-0.05, 0) is 52.9 Å². The minimum atomic E-state index is -0.221. The molecule has 2 rings (SSSR count). The van der Waals surface area contributed by atoms with Crippen molar-refractivity contribution < 1.29 is 14.3 Å². The summed E-state index contributed by atoms with van der Waals surface area (Å²) in [5.41, 5.74) is 0.601. The highest BCUT2D eigenvalue weighted by atomic mass is 16.5. The smallest absolute Gasteiger partial charge is 0.319 e. The monoisotopic (exact) mass is 335 g/mol. The van der Waals surface area contributed by atoms with Crippen molar-refractivity contribution in [3.05, 3.63) is 24.3 Å². The Hall–Kier alpha value is -1.79. The van der Waals surface area contributed by atoms with Crippen molar-refractivity contribution in [2.45, 2.75) is 38.3 Å². The van der Waals surface area contributed by atoms with Crippen LogP contribution in [0.25, 0.3) is 0 Å². The normalized spacial score (nSPS) is 17.8. The van der Waals surface area contributed by atoms with Crippen LogP contribution in [0.5, 0.6) is 5.75 Å². The first-order valence-corrected chi connectivity index (χ1v) is 8.43. The Morgan fingerprint density at radius 3 is 2.88 bits per heavy atom. The van der Waals surface area contributed by atoms with E-state index in [4.69, 9.17) is 9.47 Å². The van der Waals surface area contributed by atoms with Crippen LogP contribution in [0.4, 0.5) is 10.5 Å². The van der Waals surface area contributed by atoms with Crippen LogP contribution in [-0.2, 0) is 4.74 Å². The van der Waals surface area contributed by atoms with E-state index in [2.05, 4.69) is 29.4 Å². The van der Waals surface area contributed by atoms with Gasteiger partial charge in [0, 0.05) is 30.4 Å². The molecule has 1 aromatic carbocycles. The van der Waals surface area contributed by atoms with Gasteiger partial charge in [0.2, 0.25) is 0 Å². The van der Waals surface area contributed by atoms with Crippen molar-refractivity contribution in [2.75, 3.05) is 39.2 Å². The summed E-state index contributed by atoms with van der Waals surface area (Å²) in [6, 6.07) is 7.19. The molecular weight excluding hydrogens is 306 g/mol. The lowest BCUT2D eigenvalue weighted by molar-refractivity contribution is 0.0680. The number of urea groups is 1. The largest absolute Gasteiger partial charge is 0.491 e. The van der Waals surface area contributed by atoms with Crippen molar-refractivity contribution in [3.63, 3.8) is 0 Å². The summed E-state index contributed by atoms with van der Waals surface area (Å²) in [5.74, 6) is 0.733. The van der Waals surface area contributed by atoms with Gasteiger partial charge in [-0.15, -0.1) is 0 Å². The molecule has 24 heavy (non-hydrogen) atoms. The number of hydrogen-bond donors (Lipinski definition) is 2. The molecule has 1 heterocycles. The highest BCUT2D eigenvalue weighted by Crippen LogP contribution is 2.19. The SMILES string of the molecule is CN(C)C(C)(C)CNC(=O)Nc1cccc(OC[C@H]2CCCO2)c1. The molecule has 2 amide bonds. The summed E-state index contributed by atoms with van der Waals surface area (Å²) in [7, 11) is 3.99. The Balaban J connectivity index is 1.81. The fourth-order valence-corrected chi connectivity index (χ4v) is 2.26. The molecule has 1 aromatic rings. The maximum atomic E-state index is 12.1. The van der Waals surface area contributed by atoms with E-state index in [-0.39, 0.29) is 17.7 Å². The lowest BCUT2D eigenvalue weighted by Gasteiger charge is -2.32. The summed E-state index contributed by atoms with van der Waals surface area (Å²) in [6.45, 7) is 6.08. The predicted molar refractivity (Wildman–Crippen MR) is 95.7 cm³/mol. The molecule has 0 spiro atoms. The first-order chi connectivity index (χ1) is 11.4. The summed E-state index contributed by atoms with van der Waals surface area (Å²) in [4.78, 5) is 14.1. The van der Waals surface area contributed by atoms with Crippen molar-refractivity contribution >= 4 is 11.7 Å². The van der Waals surface area contributed by atoms with E-state index in [1.165, 1.54) is 0 Å². The predicted octanol–water partition coefficient (Wildman–Crippen LogP) is 2.71. The van der Waals surface area contributed by atoms with Gasteiger partial charge in [-0.1, -0.05) is 6.07 Å². The minimum absolute atomic E-state index is 0.108. The molecular formula is C18H29N3O3. The summed E-state index contributed by atoms with van der Waals surface area (Å²) < 4.78 is 11.3. The standard InChI is InChI=1S/C18H29N3O3/c1-18(2,21(3)4)13-19-17(22)20-14-7-5-8-15(11-14)24-12-16-9-6-10-23-16/h5,7-8,11,16H,6,9-10,12-13H2,1-4H3,(H2,19,20,22)/t16-/m1/s1. The van der Waals surface area contributed by atoms with Gasteiger partial charge in [0.25, 0.3) is 0 Å². The zero-order valence-corrected chi connectivity index (χ0v) is 15.1. The van der Waals surface area contributed by atoms with Crippen molar-refractivity contribution in [2.24, 2.45) is 0 Å². The van der Waals surface area contributed by atoms with E-state index >= 15 is 0 Å². The average molecular weight is 335 g/mol. The van der Waals surface area contributed by atoms with Crippen molar-refractivity contribution in [3.8, 4) is 5.75 Å². The lowest BCUT2D eigenvalue weighted by atomic mass is 10.1. The molecule has 1 saturated heterocycles. The van der Waals surface area contributed by atoms with Crippen LogP contribution in [0.3, 0.4) is 0 Å². The van der Waals surface area contributed by atoms with E-state index in [1.807, 2.05) is 38.4 Å². The van der Waals surface area contributed by atoms with Gasteiger partial charge >= 0.3 is 6.03 Å².